The van der Waals surface area contributed by atoms with Crippen LogP contribution >= 0.6 is 11.8 Å². The standard InChI is InChI=1S/C23H31N5O4S/c1-2-3-4-8-11-24-23-27-17-20(28(23)22-19(31)18(30)16(12-29)32-22)25-14-26-21(17)33-13-15-9-6-5-7-10-15/h5-7,9-10,14,16,18-19,22,29-31H,2-4,8,11-13H2,1H3,(H,24,27). The molecule has 0 amide bonds. The van der Waals surface area contributed by atoms with Gasteiger partial charge >= 0.3 is 0 Å². The summed E-state index contributed by atoms with van der Waals surface area (Å²) in [6.45, 7) is 2.48. The highest BCUT2D eigenvalue weighted by atomic mass is 32.2. The molecule has 0 radical (unpaired) electrons. The molecule has 1 aromatic carbocycles. The average molecular weight is 474 g/mol. The number of anilines is 1. The molecule has 4 atom stereocenters. The number of nitrogens with zero attached hydrogens (tertiary/aromatic N) is 4. The zero-order valence-electron chi connectivity index (χ0n) is 18.7. The van der Waals surface area contributed by atoms with Crippen LogP contribution in [0.2, 0.25) is 0 Å². The third kappa shape index (κ3) is 5.30. The smallest absolute Gasteiger partial charge is 0.207 e. The van der Waals surface area contributed by atoms with E-state index in [1.807, 2.05) is 18.2 Å². The van der Waals surface area contributed by atoms with E-state index in [0.29, 0.717) is 23.7 Å². The normalized spacial score (nSPS) is 22.8. The number of aliphatic hydroxyl groups excluding tert-OH is 3. The third-order valence-corrected chi connectivity index (χ3v) is 6.80. The van der Waals surface area contributed by atoms with Crippen LogP contribution in [-0.2, 0) is 10.5 Å². The minimum Gasteiger partial charge on any atom is -0.394 e. The van der Waals surface area contributed by atoms with Crippen LogP contribution in [0.1, 0.15) is 44.4 Å². The minimum absolute atomic E-state index is 0.395. The molecular weight excluding hydrogens is 442 g/mol. The second kappa shape index (κ2) is 11.3. The maximum absolute atomic E-state index is 10.7. The van der Waals surface area contributed by atoms with E-state index in [0.717, 1.165) is 30.0 Å². The number of hydrogen-bond donors (Lipinski definition) is 4. The molecule has 4 rings (SSSR count). The molecule has 4 N–H and O–H groups in total. The van der Waals surface area contributed by atoms with Crippen molar-refractivity contribution >= 4 is 28.9 Å². The van der Waals surface area contributed by atoms with Gasteiger partial charge in [0.25, 0.3) is 0 Å². The van der Waals surface area contributed by atoms with Gasteiger partial charge < -0.3 is 25.4 Å². The molecule has 0 bridgehead atoms. The van der Waals surface area contributed by atoms with Crippen molar-refractivity contribution in [3.8, 4) is 0 Å². The molecule has 2 aromatic heterocycles. The van der Waals surface area contributed by atoms with E-state index in [-0.39, 0.29) is 0 Å². The fourth-order valence-electron chi connectivity index (χ4n) is 3.93. The Kier molecular flexibility index (Phi) is 8.15. The van der Waals surface area contributed by atoms with E-state index in [2.05, 4.69) is 34.3 Å². The van der Waals surface area contributed by atoms with Gasteiger partial charge in [-0.15, -0.1) is 0 Å². The van der Waals surface area contributed by atoms with Gasteiger partial charge in [0, 0.05) is 12.3 Å². The molecule has 0 aliphatic carbocycles. The van der Waals surface area contributed by atoms with Gasteiger partial charge in [-0.1, -0.05) is 68.3 Å². The molecule has 3 heterocycles. The van der Waals surface area contributed by atoms with Gasteiger partial charge in [0.2, 0.25) is 5.95 Å². The number of nitrogens with one attached hydrogen (secondary N) is 1. The summed E-state index contributed by atoms with van der Waals surface area (Å²) in [7, 11) is 0. The molecule has 3 aromatic rings. The van der Waals surface area contributed by atoms with Crippen LogP contribution < -0.4 is 5.32 Å². The third-order valence-electron chi connectivity index (χ3n) is 5.75. The van der Waals surface area contributed by atoms with Gasteiger partial charge in [0.05, 0.1) is 6.61 Å². The number of rotatable bonds is 11. The molecule has 0 spiro atoms. The highest BCUT2D eigenvalue weighted by Gasteiger charge is 2.45. The van der Waals surface area contributed by atoms with Crippen LogP contribution in [0.5, 0.6) is 0 Å². The Hall–Kier alpha value is -2.24. The lowest BCUT2D eigenvalue weighted by Crippen LogP contribution is -2.33. The van der Waals surface area contributed by atoms with Crippen LogP contribution in [0.15, 0.2) is 41.7 Å². The molecule has 0 saturated carbocycles. The summed E-state index contributed by atoms with van der Waals surface area (Å²) < 4.78 is 7.48. The highest BCUT2D eigenvalue weighted by molar-refractivity contribution is 7.98. The molecule has 33 heavy (non-hydrogen) atoms. The Bertz CT molecular complexity index is 1030. The molecular formula is C23H31N5O4S. The Morgan fingerprint density at radius 3 is 2.64 bits per heavy atom. The Morgan fingerprint density at radius 1 is 1.09 bits per heavy atom. The Morgan fingerprint density at radius 2 is 1.91 bits per heavy atom. The molecule has 4 unspecified atom stereocenters. The maximum Gasteiger partial charge on any atom is 0.207 e. The fraction of sp³-hybridized carbons (Fsp3) is 0.522. The molecule has 9 nitrogen and oxygen atoms in total. The van der Waals surface area contributed by atoms with E-state index in [1.165, 1.54) is 18.3 Å². The van der Waals surface area contributed by atoms with E-state index < -0.39 is 31.1 Å². The minimum atomic E-state index is -1.23. The Labute approximate surface area is 197 Å². The van der Waals surface area contributed by atoms with Crippen molar-refractivity contribution in [2.45, 2.75) is 67.9 Å². The lowest BCUT2D eigenvalue weighted by Gasteiger charge is -2.19. The monoisotopic (exact) mass is 473 g/mol. The fourth-order valence-corrected chi connectivity index (χ4v) is 4.82. The van der Waals surface area contributed by atoms with Crippen LogP contribution in [0.25, 0.3) is 11.2 Å². The van der Waals surface area contributed by atoms with Crippen molar-refractivity contribution < 1.29 is 20.1 Å². The van der Waals surface area contributed by atoms with Crippen molar-refractivity contribution in [1.82, 2.24) is 19.5 Å². The number of aromatic nitrogens is 4. The van der Waals surface area contributed by atoms with Gasteiger partial charge in [0.15, 0.2) is 11.9 Å². The number of benzene rings is 1. The van der Waals surface area contributed by atoms with E-state index in [1.54, 1.807) is 16.3 Å². The predicted octanol–water partition coefficient (Wildman–Crippen LogP) is 2.72. The number of ether oxygens (including phenoxy) is 1. The molecule has 1 fully saturated rings. The first-order chi connectivity index (χ1) is 16.1. The van der Waals surface area contributed by atoms with Crippen molar-refractivity contribution in [3.05, 3.63) is 42.2 Å². The summed E-state index contributed by atoms with van der Waals surface area (Å²) in [5, 5.41) is 34.6. The van der Waals surface area contributed by atoms with Gasteiger partial charge in [-0.3, -0.25) is 4.57 Å². The molecule has 178 valence electrons. The van der Waals surface area contributed by atoms with Crippen molar-refractivity contribution in [2.24, 2.45) is 0 Å². The number of thioether (sulfide) groups is 1. The predicted molar refractivity (Wildman–Crippen MR) is 127 cm³/mol. The van der Waals surface area contributed by atoms with Crippen molar-refractivity contribution in [2.75, 3.05) is 18.5 Å². The van der Waals surface area contributed by atoms with Crippen molar-refractivity contribution in [1.29, 1.82) is 0 Å². The summed E-state index contributed by atoms with van der Waals surface area (Å²) >= 11 is 1.56. The summed E-state index contributed by atoms with van der Waals surface area (Å²) in [5.74, 6) is 1.23. The van der Waals surface area contributed by atoms with Gasteiger partial charge in [-0.05, 0) is 12.0 Å². The van der Waals surface area contributed by atoms with Gasteiger partial charge in [0.1, 0.15) is 35.2 Å². The number of aliphatic hydroxyl groups is 3. The second-order valence-electron chi connectivity index (χ2n) is 8.15. The molecule has 1 aliphatic heterocycles. The van der Waals surface area contributed by atoms with Gasteiger partial charge in [-0.2, -0.15) is 0 Å². The zero-order chi connectivity index (χ0) is 23.2. The van der Waals surface area contributed by atoms with Crippen LogP contribution in [0, 0.1) is 0 Å². The summed E-state index contributed by atoms with van der Waals surface area (Å²) in [6, 6.07) is 10.1. The zero-order valence-corrected chi connectivity index (χ0v) is 19.5. The van der Waals surface area contributed by atoms with Gasteiger partial charge in [-0.25, -0.2) is 15.0 Å². The second-order valence-corrected chi connectivity index (χ2v) is 9.11. The quantitative estimate of drug-likeness (QED) is 0.189. The van der Waals surface area contributed by atoms with Crippen LogP contribution in [0.3, 0.4) is 0 Å². The molecule has 1 saturated heterocycles. The van der Waals surface area contributed by atoms with Crippen molar-refractivity contribution in [3.63, 3.8) is 0 Å². The van der Waals surface area contributed by atoms with E-state index >= 15 is 0 Å². The van der Waals surface area contributed by atoms with E-state index in [4.69, 9.17) is 9.72 Å². The average Bonchev–Trinajstić information content (AvgIpc) is 3.35. The molecule has 10 heteroatoms. The topological polar surface area (TPSA) is 126 Å². The van der Waals surface area contributed by atoms with Crippen LogP contribution in [-0.4, -0.2) is 66.3 Å². The SMILES string of the molecule is CCCCCCNc1nc2c(SCc3ccccc3)ncnc2n1C1OC(CO)C(O)C1O. The first-order valence-corrected chi connectivity index (χ1v) is 12.4. The van der Waals surface area contributed by atoms with E-state index in [9.17, 15) is 15.3 Å². The Balaban J connectivity index is 1.65. The largest absolute Gasteiger partial charge is 0.394 e. The summed E-state index contributed by atoms with van der Waals surface area (Å²) in [6.07, 6.45) is 1.64. The maximum atomic E-state index is 10.7. The lowest BCUT2D eigenvalue weighted by atomic mass is 10.1. The van der Waals surface area contributed by atoms with Crippen LogP contribution in [0.4, 0.5) is 5.95 Å². The number of fused-ring (bicyclic) bond motifs is 1. The first kappa shape index (κ1) is 23.9. The summed E-state index contributed by atoms with van der Waals surface area (Å²) in [5.41, 5.74) is 2.28. The molecule has 1 aliphatic rings. The summed E-state index contributed by atoms with van der Waals surface area (Å²) in [4.78, 5) is 13.6. The first-order valence-electron chi connectivity index (χ1n) is 11.4. The highest BCUT2D eigenvalue weighted by Crippen LogP contribution is 2.36. The lowest BCUT2D eigenvalue weighted by molar-refractivity contribution is -0.0501. The number of hydrogen-bond acceptors (Lipinski definition) is 9. The number of imidazole rings is 1. The number of unbranched alkanes of at least 4 members (excludes halogenated alkanes) is 3.